The average Bonchev–Trinajstić information content (AvgIpc) is 2.68. The molecule has 3 aliphatic heterocycles. The van der Waals surface area contributed by atoms with E-state index in [0.29, 0.717) is 5.92 Å². The standard InChI is InChI=1S/C14H25N3OS/c1-17-11-2-3-12(17)7-10(6-11)8-16-14(18)13-9-19-5-4-15-13/h10-13,15H,2-9H2,1H3,(H,16,18). The molecule has 108 valence electrons. The summed E-state index contributed by atoms with van der Waals surface area (Å²) in [4.78, 5) is 14.6. The van der Waals surface area contributed by atoms with Gasteiger partial charge in [0.15, 0.2) is 0 Å². The van der Waals surface area contributed by atoms with E-state index in [2.05, 4.69) is 22.6 Å². The van der Waals surface area contributed by atoms with Gasteiger partial charge < -0.3 is 15.5 Å². The lowest BCUT2D eigenvalue weighted by Gasteiger charge is -2.36. The van der Waals surface area contributed by atoms with Crippen molar-refractivity contribution < 1.29 is 4.79 Å². The number of rotatable bonds is 3. The number of fused-ring (bicyclic) bond motifs is 2. The Kier molecular flexibility index (Phi) is 4.34. The number of carbonyl (C=O) groups is 1. The van der Waals surface area contributed by atoms with Crippen LogP contribution in [-0.4, -0.2) is 60.6 Å². The molecule has 1 amide bonds. The van der Waals surface area contributed by atoms with E-state index in [0.717, 1.165) is 36.7 Å². The minimum absolute atomic E-state index is 0.0294. The van der Waals surface area contributed by atoms with E-state index in [1.807, 2.05) is 11.8 Å². The first-order chi connectivity index (χ1) is 9.24. The van der Waals surface area contributed by atoms with Gasteiger partial charge in [-0.15, -0.1) is 0 Å². The normalized spacial score (nSPS) is 39.2. The van der Waals surface area contributed by atoms with Gasteiger partial charge in [0.1, 0.15) is 0 Å². The zero-order valence-corrected chi connectivity index (χ0v) is 12.5. The van der Waals surface area contributed by atoms with Crippen LogP contribution in [-0.2, 0) is 4.79 Å². The molecule has 5 heteroatoms. The quantitative estimate of drug-likeness (QED) is 0.799. The fourth-order valence-electron chi connectivity index (χ4n) is 3.79. The third-order valence-corrected chi connectivity index (χ3v) is 6.06. The summed E-state index contributed by atoms with van der Waals surface area (Å²) in [6.45, 7) is 1.84. The molecule has 3 fully saturated rings. The zero-order chi connectivity index (χ0) is 13.2. The third-order valence-electron chi connectivity index (χ3n) is 5.00. The Balaban J connectivity index is 1.44. The van der Waals surface area contributed by atoms with Crippen LogP contribution in [0.15, 0.2) is 0 Å². The van der Waals surface area contributed by atoms with Crippen LogP contribution in [0.5, 0.6) is 0 Å². The van der Waals surface area contributed by atoms with Gasteiger partial charge in [0, 0.05) is 36.7 Å². The highest BCUT2D eigenvalue weighted by molar-refractivity contribution is 7.99. The molecule has 3 heterocycles. The van der Waals surface area contributed by atoms with Crippen molar-refractivity contribution in [2.24, 2.45) is 5.92 Å². The van der Waals surface area contributed by atoms with Gasteiger partial charge in [-0.3, -0.25) is 4.79 Å². The van der Waals surface area contributed by atoms with Crippen LogP contribution in [0.4, 0.5) is 0 Å². The van der Waals surface area contributed by atoms with Crippen LogP contribution >= 0.6 is 11.8 Å². The molecule has 0 aromatic carbocycles. The molecule has 3 unspecified atom stereocenters. The van der Waals surface area contributed by atoms with Crippen molar-refractivity contribution in [1.29, 1.82) is 0 Å². The number of nitrogens with zero attached hydrogens (tertiary/aromatic N) is 1. The number of nitrogens with one attached hydrogen (secondary N) is 2. The Hall–Kier alpha value is -0.260. The first kappa shape index (κ1) is 13.7. The molecule has 0 aliphatic carbocycles. The first-order valence-corrected chi connectivity index (χ1v) is 8.70. The lowest BCUT2D eigenvalue weighted by Crippen LogP contribution is -2.50. The Morgan fingerprint density at radius 3 is 2.74 bits per heavy atom. The Morgan fingerprint density at radius 2 is 2.11 bits per heavy atom. The number of hydrogen-bond acceptors (Lipinski definition) is 4. The summed E-state index contributed by atoms with van der Waals surface area (Å²) in [5.74, 6) is 2.94. The molecule has 0 spiro atoms. The van der Waals surface area contributed by atoms with E-state index in [1.165, 1.54) is 25.7 Å². The third kappa shape index (κ3) is 3.09. The van der Waals surface area contributed by atoms with Crippen LogP contribution in [0, 0.1) is 5.92 Å². The predicted octanol–water partition coefficient (Wildman–Crippen LogP) is 0.680. The van der Waals surface area contributed by atoms with Gasteiger partial charge in [-0.25, -0.2) is 0 Å². The van der Waals surface area contributed by atoms with Gasteiger partial charge in [-0.1, -0.05) is 0 Å². The van der Waals surface area contributed by atoms with Crippen molar-refractivity contribution in [2.45, 2.75) is 43.8 Å². The van der Waals surface area contributed by atoms with Gasteiger partial charge in [0.05, 0.1) is 6.04 Å². The molecule has 4 nitrogen and oxygen atoms in total. The molecule has 0 aromatic heterocycles. The second-order valence-corrected chi connectivity index (χ2v) is 7.36. The maximum Gasteiger partial charge on any atom is 0.238 e. The van der Waals surface area contributed by atoms with Gasteiger partial charge in [-0.05, 0) is 38.6 Å². The van der Waals surface area contributed by atoms with Crippen LogP contribution < -0.4 is 10.6 Å². The average molecular weight is 283 g/mol. The van der Waals surface area contributed by atoms with Gasteiger partial charge in [0.2, 0.25) is 5.91 Å². The van der Waals surface area contributed by atoms with Crippen molar-refractivity contribution in [3.8, 4) is 0 Å². The van der Waals surface area contributed by atoms with E-state index >= 15 is 0 Å². The molecule has 3 aliphatic rings. The van der Waals surface area contributed by atoms with Gasteiger partial charge >= 0.3 is 0 Å². The molecule has 0 aromatic rings. The lowest BCUT2D eigenvalue weighted by molar-refractivity contribution is -0.122. The number of amides is 1. The molecule has 3 atom stereocenters. The second-order valence-electron chi connectivity index (χ2n) is 6.21. The van der Waals surface area contributed by atoms with Crippen molar-refractivity contribution in [2.75, 3.05) is 31.6 Å². The highest BCUT2D eigenvalue weighted by Gasteiger charge is 2.38. The molecular formula is C14H25N3OS. The monoisotopic (exact) mass is 283 g/mol. The van der Waals surface area contributed by atoms with Gasteiger partial charge in [0.25, 0.3) is 0 Å². The minimum Gasteiger partial charge on any atom is -0.354 e. The van der Waals surface area contributed by atoms with Gasteiger partial charge in [-0.2, -0.15) is 11.8 Å². The van der Waals surface area contributed by atoms with Crippen molar-refractivity contribution >= 4 is 17.7 Å². The van der Waals surface area contributed by atoms with Crippen LogP contribution in [0.25, 0.3) is 0 Å². The molecule has 3 rings (SSSR count). The van der Waals surface area contributed by atoms with Crippen molar-refractivity contribution in [1.82, 2.24) is 15.5 Å². The molecule has 19 heavy (non-hydrogen) atoms. The Morgan fingerprint density at radius 1 is 1.37 bits per heavy atom. The highest BCUT2D eigenvalue weighted by Crippen LogP contribution is 2.36. The second kappa shape index (κ2) is 6.02. The molecule has 0 radical (unpaired) electrons. The molecular weight excluding hydrogens is 258 g/mol. The summed E-state index contributed by atoms with van der Waals surface area (Å²) in [6.07, 6.45) is 5.24. The number of thioether (sulfide) groups is 1. The molecule has 2 N–H and O–H groups in total. The Bertz CT molecular complexity index is 319. The fourth-order valence-corrected chi connectivity index (χ4v) is 4.73. The number of carbonyl (C=O) groups excluding carboxylic acids is 1. The van der Waals surface area contributed by atoms with E-state index < -0.39 is 0 Å². The van der Waals surface area contributed by atoms with E-state index in [9.17, 15) is 4.79 Å². The maximum absolute atomic E-state index is 12.1. The molecule has 2 bridgehead atoms. The van der Waals surface area contributed by atoms with Crippen LogP contribution in [0.1, 0.15) is 25.7 Å². The summed E-state index contributed by atoms with van der Waals surface area (Å²) >= 11 is 1.87. The largest absolute Gasteiger partial charge is 0.354 e. The summed E-state index contributed by atoms with van der Waals surface area (Å²) in [7, 11) is 2.26. The van der Waals surface area contributed by atoms with Crippen molar-refractivity contribution in [3.63, 3.8) is 0 Å². The van der Waals surface area contributed by atoms with E-state index in [1.54, 1.807) is 0 Å². The topological polar surface area (TPSA) is 44.4 Å². The fraction of sp³-hybridized carbons (Fsp3) is 0.929. The van der Waals surface area contributed by atoms with E-state index in [-0.39, 0.29) is 11.9 Å². The summed E-state index contributed by atoms with van der Waals surface area (Å²) in [6, 6.07) is 1.56. The number of piperidine rings is 1. The zero-order valence-electron chi connectivity index (χ0n) is 11.7. The molecule has 3 saturated heterocycles. The maximum atomic E-state index is 12.1. The minimum atomic E-state index is 0.0294. The van der Waals surface area contributed by atoms with Crippen LogP contribution in [0.3, 0.4) is 0 Å². The first-order valence-electron chi connectivity index (χ1n) is 7.55. The summed E-state index contributed by atoms with van der Waals surface area (Å²) in [5, 5.41) is 6.47. The number of hydrogen-bond donors (Lipinski definition) is 2. The predicted molar refractivity (Wildman–Crippen MR) is 79.4 cm³/mol. The van der Waals surface area contributed by atoms with Crippen LogP contribution in [0.2, 0.25) is 0 Å². The lowest BCUT2D eigenvalue weighted by atomic mass is 9.91. The summed E-state index contributed by atoms with van der Waals surface area (Å²) < 4.78 is 0. The SMILES string of the molecule is CN1C2CCC1CC(CNC(=O)C1CSCCN1)C2. The van der Waals surface area contributed by atoms with E-state index in [4.69, 9.17) is 0 Å². The summed E-state index contributed by atoms with van der Waals surface area (Å²) in [5.41, 5.74) is 0. The Labute approximate surface area is 120 Å². The van der Waals surface area contributed by atoms with Crippen molar-refractivity contribution in [3.05, 3.63) is 0 Å². The molecule has 0 saturated carbocycles. The highest BCUT2D eigenvalue weighted by atomic mass is 32.2. The smallest absolute Gasteiger partial charge is 0.238 e.